The Hall–Kier alpha value is 0.0200. The van der Waals surface area contributed by atoms with Crippen LogP contribution >= 0.6 is 7.82 Å². The number of unbranched alkanes of at least 4 members (excludes halogenated alkanes) is 5. The molecule has 0 rings (SSSR count). The van der Waals surface area contributed by atoms with Gasteiger partial charge in [-0.25, -0.2) is 4.57 Å². The molecule has 0 saturated carbocycles. The minimum Gasteiger partial charge on any atom is -0.302 e. The topological polar surface area (TPSA) is 110 Å². The summed E-state index contributed by atoms with van der Waals surface area (Å²) in [5, 5.41) is 0. The van der Waals surface area contributed by atoms with Crippen LogP contribution in [0.15, 0.2) is 0 Å². The monoisotopic (exact) mass is 290 g/mol. The zero-order valence-corrected chi connectivity index (χ0v) is 11.5. The highest BCUT2D eigenvalue weighted by Crippen LogP contribution is 2.44. The quantitative estimate of drug-likeness (QED) is 0.361. The highest BCUT2D eigenvalue weighted by Gasteiger charge is 2.28. The third-order valence-corrected chi connectivity index (χ3v) is 3.96. The molecule has 9 heteroatoms. The molecule has 0 saturated heterocycles. The van der Waals surface area contributed by atoms with Crippen molar-refractivity contribution in [3.8, 4) is 0 Å². The van der Waals surface area contributed by atoms with Crippen LogP contribution in [0.1, 0.15) is 45.4 Å². The molecule has 0 heterocycles. The molecule has 7 nitrogen and oxygen atoms in total. The summed E-state index contributed by atoms with van der Waals surface area (Å²) in [7, 11) is -9.69. The molecule has 0 bridgehead atoms. The van der Waals surface area contributed by atoms with Crippen molar-refractivity contribution in [2.75, 3.05) is 6.61 Å². The van der Waals surface area contributed by atoms with E-state index < -0.39 is 18.2 Å². The van der Waals surface area contributed by atoms with E-state index in [0.29, 0.717) is 6.42 Å². The molecule has 0 fully saturated rings. The standard InChI is InChI=1S/C8H19O7PS/c1-2-3-4-5-6-7-8-14-16(9,10)15-17(11,12)13/h2-8H2,1H3,(H,9,10)(H,11,12,13). The van der Waals surface area contributed by atoms with Crippen LogP contribution in [0.3, 0.4) is 0 Å². The smallest absolute Gasteiger partial charge is 0.302 e. The predicted molar refractivity (Wildman–Crippen MR) is 61.8 cm³/mol. The average Bonchev–Trinajstić information content (AvgIpc) is 2.12. The van der Waals surface area contributed by atoms with Gasteiger partial charge in [0.2, 0.25) is 0 Å². The number of phosphoric acid groups is 1. The lowest BCUT2D eigenvalue weighted by atomic mass is 10.1. The van der Waals surface area contributed by atoms with Gasteiger partial charge >= 0.3 is 18.2 Å². The first-order chi connectivity index (χ1) is 7.77. The maximum absolute atomic E-state index is 10.9. The second kappa shape index (κ2) is 8.18. The van der Waals surface area contributed by atoms with Crippen LogP contribution in [0.2, 0.25) is 0 Å². The van der Waals surface area contributed by atoms with Gasteiger partial charge in [-0.15, -0.1) is 3.97 Å². The van der Waals surface area contributed by atoms with Crippen LogP contribution in [0, 0.1) is 0 Å². The molecular weight excluding hydrogens is 271 g/mol. The second-order valence-corrected chi connectivity index (χ2v) is 6.22. The summed E-state index contributed by atoms with van der Waals surface area (Å²) >= 11 is 0. The van der Waals surface area contributed by atoms with E-state index in [1.807, 2.05) is 0 Å². The largest absolute Gasteiger partial charge is 0.488 e. The third-order valence-electron chi connectivity index (χ3n) is 1.94. The Labute approximate surface area is 102 Å². The van der Waals surface area contributed by atoms with E-state index in [1.165, 1.54) is 0 Å². The fraction of sp³-hybridized carbons (Fsp3) is 1.00. The molecule has 0 aromatic rings. The van der Waals surface area contributed by atoms with Crippen LogP contribution in [-0.2, 0) is 23.5 Å². The predicted octanol–water partition coefficient (Wildman–Crippen LogP) is 2.28. The van der Waals surface area contributed by atoms with Crippen molar-refractivity contribution in [1.82, 2.24) is 0 Å². The van der Waals surface area contributed by atoms with Gasteiger partial charge in [0.25, 0.3) is 0 Å². The summed E-state index contributed by atoms with van der Waals surface area (Å²) in [6.07, 6.45) is 5.71. The van der Waals surface area contributed by atoms with Crippen molar-refractivity contribution in [3.05, 3.63) is 0 Å². The van der Waals surface area contributed by atoms with Gasteiger partial charge in [-0.1, -0.05) is 39.0 Å². The lowest BCUT2D eigenvalue weighted by Crippen LogP contribution is -2.04. The summed E-state index contributed by atoms with van der Waals surface area (Å²) in [6, 6.07) is 0. The normalized spacial score (nSPS) is 15.7. The molecule has 0 aliphatic rings. The van der Waals surface area contributed by atoms with Gasteiger partial charge < -0.3 is 4.89 Å². The Morgan fingerprint density at radius 2 is 1.65 bits per heavy atom. The fourth-order valence-electron chi connectivity index (χ4n) is 1.20. The number of rotatable bonds is 10. The van der Waals surface area contributed by atoms with Crippen molar-refractivity contribution in [2.45, 2.75) is 45.4 Å². The van der Waals surface area contributed by atoms with Gasteiger partial charge in [0.1, 0.15) is 0 Å². The molecule has 2 N–H and O–H groups in total. The van der Waals surface area contributed by atoms with Gasteiger partial charge in [0.05, 0.1) is 6.61 Å². The van der Waals surface area contributed by atoms with E-state index in [-0.39, 0.29) is 6.61 Å². The van der Waals surface area contributed by atoms with Crippen LogP contribution < -0.4 is 0 Å². The van der Waals surface area contributed by atoms with Gasteiger partial charge in [-0.3, -0.25) is 9.08 Å². The number of hydrogen-bond donors (Lipinski definition) is 2. The van der Waals surface area contributed by atoms with Crippen LogP contribution in [0.5, 0.6) is 0 Å². The highest BCUT2D eigenvalue weighted by atomic mass is 32.3. The van der Waals surface area contributed by atoms with E-state index >= 15 is 0 Å². The molecule has 0 amide bonds. The lowest BCUT2D eigenvalue weighted by Gasteiger charge is -2.09. The van der Waals surface area contributed by atoms with Crippen molar-refractivity contribution in [1.29, 1.82) is 0 Å². The van der Waals surface area contributed by atoms with Crippen molar-refractivity contribution in [2.24, 2.45) is 0 Å². The maximum Gasteiger partial charge on any atom is 0.488 e. The fourth-order valence-corrected chi connectivity index (χ4v) is 2.69. The van der Waals surface area contributed by atoms with Gasteiger partial charge in [-0.2, -0.15) is 8.42 Å². The maximum atomic E-state index is 10.9. The molecule has 0 aliphatic carbocycles. The Balaban J connectivity index is 3.63. The van der Waals surface area contributed by atoms with E-state index in [2.05, 4.69) is 15.4 Å². The van der Waals surface area contributed by atoms with E-state index in [1.54, 1.807) is 0 Å². The second-order valence-electron chi connectivity index (χ2n) is 3.57. The Morgan fingerprint density at radius 1 is 1.12 bits per heavy atom. The van der Waals surface area contributed by atoms with Gasteiger partial charge in [-0.05, 0) is 6.42 Å². The summed E-state index contributed by atoms with van der Waals surface area (Å²) in [5.74, 6) is 0. The van der Waals surface area contributed by atoms with E-state index in [4.69, 9.17) is 9.45 Å². The summed E-state index contributed by atoms with van der Waals surface area (Å²) in [4.78, 5) is 8.86. The van der Waals surface area contributed by atoms with Gasteiger partial charge in [0.15, 0.2) is 0 Å². The number of phosphoric ester groups is 1. The molecule has 0 radical (unpaired) electrons. The molecule has 0 aromatic carbocycles. The average molecular weight is 290 g/mol. The van der Waals surface area contributed by atoms with Crippen molar-refractivity contribution < 1.29 is 30.9 Å². The minimum atomic E-state index is -4.97. The molecule has 17 heavy (non-hydrogen) atoms. The van der Waals surface area contributed by atoms with E-state index in [9.17, 15) is 13.0 Å². The highest BCUT2D eigenvalue weighted by molar-refractivity contribution is 7.85. The molecule has 0 aliphatic heterocycles. The molecule has 0 aromatic heterocycles. The summed E-state index contributed by atoms with van der Waals surface area (Å²) in [6.45, 7) is 2.01. The lowest BCUT2D eigenvalue weighted by molar-refractivity contribution is 0.194. The minimum absolute atomic E-state index is 0.0879. The Bertz CT molecular complexity index is 340. The van der Waals surface area contributed by atoms with Crippen LogP contribution in [0.4, 0.5) is 0 Å². The zero-order valence-electron chi connectivity index (χ0n) is 9.74. The van der Waals surface area contributed by atoms with Crippen molar-refractivity contribution in [3.63, 3.8) is 0 Å². The molecule has 0 spiro atoms. The van der Waals surface area contributed by atoms with E-state index in [0.717, 1.165) is 32.1 Å². The van der Waals surface area contributed by atoms with Gasteiger partial charge in [0, 0.05) is 0 Å². The molecule has 104 valence electrons. The van der Waals surface area contributed by atoms with Crippen molar-refractivity contribution >= 4 is 18.2 Å². The first-order valence-electron chi connectivity index (χ1n) is 5.43. The molecule has 1 unspecified atom stereocenters. The summed E-state index contributed by atoms with van der Waals surface area (Å²) in [5.41, 5.74) is 0. The van der Waals surface area contributed by atoms with Crippen LogP contribution in [0.25, 0.3) is 0 Å². The van der Waals surface area contributed by atoms with Crippen LogP contribution in [-0.4, -0.2) is 24.5 Å². The first-order valence-corrected chi connectivity index (χ1v) is 8.29. The molecular formula is C8H19O7PS. The zero-order chi connectivity index (χ0) is 13.4. The number of hydrogen-bond acceptors (Lipinski definition) is 5. The molecule has 1 atom stereocenters. The summed E-state index contributed by atoms with van der Waals surface area (Å²) < 4.78 is 47.3. The Morgan fingerprint density at radius 3 is 2.18 bits per heavy atom. The first kappa shape index (κ1) is 17.0. The Kier molecular flexibility index (Phi) is 8.19. The SMILES string of the molecule is CCCCCCCCOP(=O)(O)OS(=O)(=O)O. The third kappa shape index (κ3) is 12.3.